The van der Waals surface area contributed by atoms with Crippen molar-refractivity contribution in [3.8, 4) is 0 Å². The molecular formula is C9H9F3N2OS. The predicted molar refractivity (Wildman–Crippen MR) is 57.1 cm³/mol. The Balaban J connectivity index is 3.00. The lowest BCUT2D eigenvalue weighted by atomic mass is 10.2. The minimum atomic E-state index is -4.46. The third kappa shape index (κ3) is 3.34. The van der Waals surface area contributed by atoms with Gasteiger partial charge in [0.15, 0.2) is 0 Å². The van der Waals surface area contributed by atoms with Crippen molar-refractivity contribution < 1.29 is 13.2 Å². The van der Waals surface area contributed by atoms with Crippen LogP contribution >= 0.6 is 12.2 Å². The molecule has 2 N–H and O–H groups in total. The summed E-state index contributed by atoms with van der Waals surface area (Å²) >= 11 is 4.58. The van der Waals surface area contributed by atoms with Gasteiger partial charge in [-0.05, 0) is 6.07 Å². The smallest absolute Gasteiger partial charge is 0.393 e. The zero-order valence-electron chi connectivity index (χ0n) is 8.12. The number of aromatic nitrogens is 1. The third-order valence-corrected chi connectivity index (χ3v) is 2.11. The van der Waals surface area contributed by atoms with Gasteiger partial charge in [-0.1, -0.05) is 12.2 Å². The van der Waals surface area contributed by atoms with Gasteiger partial charge in [0.1, 0.15) is 0 Å². The van der Waals surface area contributed by atoms with Crippen LogP contribution in [0.3, 0.4) is 0 Å². The van der Waals surface area contributed by atoms with E-state index in [0.29, 0.717) is 0 Å². The fourth-order valence-corrected chi connectivity index (χ4v) is 1.20. The molecule has 0 amide bonds. The Morgan fingerprint density at radius 3 is 2.56 bits per heavy atom. The van der Waals surface area contributed by atoms with Crippen LogP contribution < -0.4 is 11.3 Å². The summed E-state index contributed by atoms with van der Waals surface area (Å²) < 4.78 is 37.9. The van der Waals surface area contributed by atoms with Crippen LogP contribution in [0.5, 0.6) is 0 Å². The van der Waals surface area contributed by atoms with Crippen LogP contribution in [-0.2, 0) is 12.7 Å². The fraction of sp³-hybridized carbons (Fsp3) is 0.333. The molecule has 0 aromatic carbocycles. The van der Waals surface area contributed by atoms with E-state index < -0.39 is 17.3 Å². The average Bonchev–Trinajstić information content (AvgIpc) is 2.14. The Morgan fingerprint density at radius 2 is 2.06 bits per heavy atom. The van der Waals surface area contributed by atoms with Crippen molar-refractivity contribution in [2.45, 2.75) is 19.1 Å². The van der Waals surface area contributed by atoms with Gasteiger partial charge in [0, 0.05) is 25.2 Å². The molecule has 1 heterocycles. The third-order valence-electron chi connectivity index (χ3n) is 1.91. The number of nitrogens with two attached hydrogens (primary N) is 1. The van der Waals surface area contributed by atoms with E-state index in [4.69, 9.17) is 5.73 Å². The second kappa shape index (κ2) is 4.65. The van der Waals surface area contributed by atoms with E-state index in [-0.39, 0.29) is 18.0 Å². The molecule has 0 aliphatic rings. The Morgan fingerprint density at radius 1 is 1.44 bits per heavy atom. The van der Waals surface area contributed by atoms with Gasteiger partial charge in [0.25, 0.3) is 5.56 Å². The van der Waals surface area contributed by atoms with Crippen molar-refractivity contribution in [2.75, 3.05) is 0 Å². The molecule has 1 rings (SSSR count). The quantitative estimate of drug-likeness (QED) is 0.828. The molecule has 0 spiro atoms. The van der Waals surface area contributed by atoms with Crippen molar-refractivity contribution in [1.29, 1.82) is 0 Å². The number of alkyl halides is 3. The summed E-state index contributed by atoms with van der Waals surface area (Å²) in [6.07, 6.45) is -3.50. The van der Waals surface area contributed by atoms with E-state index in [1.54, 1.807) is 0 Å². The number of nitrogens with zero attached hydrogens (tertiary/aromatic N) is 1. The maximum atomic E-state index is 12.3. The number of thiocarbonyl (C=S) groups is 1. The number of pyridine rings is 1. The van der Waals surface area contributed by atoms with Gasteiger partial charge in [-0.25, -0.2) is 0 Å². The summed E-state index contributed by atoms with van der Waals surface area (Å²) in [5.74, 6) is 0. The van der Waals surface area contributed by atoms with Gasteiger partial charge >= 0.3 is 6.18 Å². The molecule has 0 aliphatic carbocycles. The first kappa shape index (κ1) is 12.7. The molecule has 1 aromatic heterocycles. The summed E-state index contributed by atoms with van der Waals surface area (Å²) in [5, 5.41) is 0. The number of halogens is 3. The largest absolute Gasteiger partial charge is 0.417 e. The van der Waals surface area contributed by atoms with E-state index in [9.17, 15) is 18.0 Å². The highest BCUT2D eigenvalue weighted by atomic mass is 32.1. The Labute approximate surface area is 94.7 Å². The molecule has 0 radical (unpaired) electrons. The second-order valence-corrected chi connectivity index (χ2v) is 3.69. The molecule has 0 bridgehead atoms. The van der Waals surface area contributed by atoms with Crippen molar-refractivity contribution >= 4 is 17.2 Å². The number of aryl methyl sites for hydroxylation is 1. The Bertz CT molecular complexity index is 453. The van der Waals surface area contributed by atoms with Crippen molar-refractivity contribution in [2.24, 2.45) is 5.73 Å². The number of hydrogen-bond donors (Lipinski definition) is 1. The van der Waals surface area contributed by atoms with E-state index >= 15 is 0 Å². The zero-order chi connectivity index (χ0) is 12.3. The predicted octanol–water partition coefficient (Wildman–Crippen LogP) is 1.54. The molecule has 7 heteroatoms. The lowest BCUT2D eigenvalue weighted by Gasteiger charge is -2.10. The van der Waals surface area contributed by atoms with Crippen LogP contribution in [0.2, 0.25) is 0 Å². The van der Waals surface area contributed by atoms with Crippen LogP contribution in [0.25, 0.3) is 0 Å². The van der Waals surface area contributed by atoms with Gasteiger partial charge < -0.3 is 10.3 Å². The summed E-state index contributed by atoms with van der Waals surface area (Å²) in [6.45, 7) is 0.0537. The van der Waals surface area contributed by atoms with Crippen LogP contribution in [0.15, 0.2) is 23.1 Å². The second-order valence-electron chi connectivity index (χ2n) is 3.16. The molecule has 3 nitrogen and oxygen atoms in total. The van der Waals surface area contributed by atoms with Gasteiger partial charge in [0.2, 0.25) is 0 Å². The molecule has 16 heavy (non-hydrogen) atoms. The van der Waals surface area contributed by atoms with Gasteiger partial charge in [-0.15, -0.1) is 0 Å². The lowest BCUT2D eigenvalue weighted by molar-refractivity contribution is -0.138. The fourth-order valence-electron chi connectivity index (χ4n) is 1.10. The first-order valence-electron chi connectivity index (χ1n) is 4.36. The zero-order valence-corrected chi connectivity index (χ0v) is 8.94. The molecule has 0 saturated heterocycles. The average molecular weight is 250 g/mol. The minimum absolute atomic E-state index is 0.0537. The summed E-state index contributed by atoms with van der Waals surface area (Å²) in [5.41, 5.74) is 3.83. The molecule has 0 aliphatic heterocycles. The van der Waals surface area contributed by atoms with E-state index in [2.05, 4.69) is 12.2 Å². The highest BCUT2D eigenvalue weighted by Crippen LogP contribution is 2.27. The number of hydrogen-bond acceptors (Lipinski definition) is 2. The topological polar surface area (TPSA) is 48.0 Å². The van der Waals surface area contributed by atoms with Crippen molar-refractivity contribution in [3.63, 3.8) is 0 Å². The van der Waals surface area contributed by atoms with Crippen LogP contribution in [0, 0.1) is 0 Å². The maximum absolute atomic E-state index is 12.3. The van der Waals surface area contributed by atoms with Crippen molar-refractivity contribution in [3.05, 3.63) is 34.2 Å². The summed E-state index contributed by atoms with van der Waals surface area (Å²) in [7, 11) is 0. The van der Waals surface area contributed by atoms with Gasteiger partial charge in [-0.2, -0.15) is 13.2 Å². The summed E-state index contributed by atoms with van der Waals surface area (Å²) in [6, 6.07) is 1.63. The van der Waals surface area contributed by atoms with Crippen LogP contribution in [-0.4, -0.2) is 9.56 Å². The van der Waals surface area contributed by atoms with Crippen LogP contribution in [0.1, 0.15) is 12.0 Å². The molecule has 0 unspecified atom stereocenters. The molecule has 0 atom stereocenters. The normalized spacial score (nSPS) is 11.4. The van der Waals surface area contributed by atoms with E-state index in [0.717, 1.165) is 22.9 Å². The molecule has 88 valence electrons. The van der Waals surface area contributed by atoms with Crippen LogP contribution in [0.4, 0.5) is 13.2 Å². The van der Waals surface area contributed by atoms with E-state index in [1.165, 1.54) is 0 Å². The SMILES string of the molecule is NC(=S)CCn1cc(C(F)(F)F)ccc1=O. The monoisotopic (exact) mass is 250 g/mol. The molecule has 1 aromatic rings. The lowest BCUT2D eigenvalue weighted by Crippen LogP contribution is -2.23. The first-order chi connectivity index (χ1) is 7.30. The Hall–Kier alpha value is -1.37. The molecular weight excluding hydrogens is 241 g/mol. The van der Waals surface area contributed by atoms with Crippen molar-refractivity contribution in [1.82, 2.24) is 4.57 Å². The summed E-state index contributed by atoms with van der Waals surface area (Å²) in [4.78, 5) is 11.4. The first-order valence-corrected chi connectivity index (χ1v) is 4.77. The highest BCUT2D eigenvalue weighted by Gasteiger charge is 2.30. The maximum Gasteiger partial charge on any atom is 0.417 e. The van der Waals surface area contributed by atoms with Gasteiger partial charge in [-0.3, -0.25) is 4.79 Å². The highest BCUT2D eigenvalue weighted by molar-refractivity contribution is 7.80. The molecule has 0 fully saturated rings. The van der Waals surface area contributed by atoms with E-state index in [1.807, 2.05) is 0 Å². The molecule has 0 saturated carbocycles. The standard InChI is InChI=1S/C9H9F3N2OS/c10-9(11,12)6-1-2-8(15)14(5-6)4-3-7(13)16/h1-2,5H,3-4H2,(H2,13,16). The van der Waals surface area contributed by atoms with Gasteiger partial charge in [0.05, 0.1) is 10.6 Å². The minimum Gasteiger partial charge on any atom is -0.393 e. The Kier molecular flexibility index (Phi) is 3.69. The number of rotatable bonds is 3.